The number of ether oxygens (including phenoxy) is 2. The molecule has 0 aromatic carbocycles. The van der Waals surface area contributed by atoms with Crippen LogP contribution < -0.4 is 0 Å². The third-order valence-electron chi connectivity index (χ3n) is 6.87. The van der Waals surface area contributed by atoms with E-state index in [0.717, 1.165) is 13.3 Å². The van der Waals surface area contributed by atoms with Gasteiger partial charge in [-0.3, -0.25) is 14.1 Å². The molecular formula is C19H28F2O7S. The Balaban J connectivity index is 1.81. The molecule has 0 radical (unpaired) electrons. The van der Waals surface area contributed by atoms with Gasteiger partial charge in [0.25, 0.3) is 0 Å². The highest BCUT2D eigenvalue weighted by molar-refractivity contribution is 7.86. The van der Waals surface area contributed by atoms with E-state index in [2.05, 4.69) is 0 Å². The van der Waals surface area contributed by atoms with Gasteiger partial charge in [0.15, 0.2) is 6.10 Å². The molecule has 0 aromatic heterocycles. The third-order valence-corrected chi connectivity index (χ3v) is 7.89. The molecule has 0 aliphatic heterocycles. The van der Waals surface area contributed by atoms with Crippen molar-refractivity contribution in [3.8, 4) is 0 Å². The molecule has 7 nitrogen and oxygen atoms in total. The van der Waals surface area contributed by atoms with Crippen LogP contribution in [0.25, 0.3) is 0 Å². The van der Waals surface area contributed by atoms with Crippen LogP contribution in [0.5, 0.6) is 0 Å². The molecule has 29 heavy (non-hydrogen) atoms. The number of carbonyl (C=O) groups is 2. The maximum Gasteiger partial charge on any atom is 0.405 e. The molecule has 0 amide bonds. The zero-order valence-electron chi connectivity index (χ0n) is 16.8. The normalized spacial score (nSPS) is 35.8. The Morgan fingerprint density at radius 3 is 2.21 bits per heavy atom. The zero-order valence-corrected chi connectivity index (χ0v) is 17.6. The second kappa shape index (κ2) is 7.14. The summed E-state index contributed by atoms with van der Waals surface area (Å²) in [6, 6.07) is 0. The number of rotatable bonds is 7. The van der Waals surface area contributed by atoms with Crippen molar-refractivity contribution in [1.82, 2.24) is 0 Å². The van der Waals surface area contributed by atoms with Crippen LogP contribution in [-0.2, 0) is 29.2 Å². The lowest BCUT2D eigenvalue weighted by molar-refractivity contribution is -0.220. The van der Waals surface area contributed by atoms with Crippen molar-refractivity contribution in [3.63, 3.8) is 0 Å². The Bertz CT molecular complexity index is 780. The highest BCUT2D eigenvalue weighted by Gasteiger charge is 2.64. The molecule has 1 N–H and O–H groups in total. The van der Waals surface area contributed by atoms with Crippen molar-refractivity contribution in [1.29, 1.82) is 0 Å². The Labute approximate surface area is 169 Å². The van der Waals surface area contributed by atoms with Gasteiger partial charge in [0, 0.05) is 6.42 Å². The molecule has 0 heterocycles. The average molecular weight is 438 g/mol. The van der Waals surface area contributed by atoms with E-state index < -0.39 is 38.5 Å². The summed E-state index contributed by atoms with van der Waals surface area (Å²) in [5, 5.41) is -4.61. The summed E-state index contributed by atoms with van der Waals surface area (Å²) in [6.07, 6.45) is 1.51. The standard InChI is InChI=1S/C19H28F2O7S/c1-4-11(2)15(22)28-18-8-13-5-14(9-18)7-17(6-13,10-18)16(23)27-12(3)19(20,21)29(24,25)26/h11-14H,4-10H2,1-3H3,(H,24,25,26). The van der Waals surface area contributed by atoms with Gasteiger partial charge in [0.1, 0.15) is 5.60 Å². The van der Waals surface area contributed by atoms with Crippen molar-refractivity contribution in [3.05, 3.63) is 0 Å². The largest absolute Gasteiger partial charge is 0.459 e. The van der Waals surface area contributed by atoms with Gasteiger partial charge in [-0.25, -0.2) is 0 Å². The van der Waals surface area contributed by atoms with Crippen molar-refractivity contribution in [2.45, 2.75) is 82.7 Å². The lowest BCUT2D eigenvalue weighted by Crippen LogP contribution is -2.60. The van der Waals surface area contributed by atoms with Crippen LogP contribution in [0.15, 0.2) is 0 Å². The highest BCUT2D eigenvalue weighted by Crippen LogP contribution is 2.63. The number of esters is 2. The molecule has 4 rings (SSSR count). The summed E-state index contributed by atoms with van der Waals surface area (Å²) < 4.78 is 69.1. The average Bonchev–Trinajstić information content (AvgIpc) is 2.58. The molecule has 0 spiro atoms. The summed E-state index contributed by atoms with van der Waals surface area (Å²) >= 11 is 0. The van der Waals surface area contributed by atoms with Gasteiger partial charge < -0.3 is 9.47 Å². The van der Waals surface area contributed by atoms with Crippen LogP contribution in [0.2, 0.25) is 0 Å². The Morgan fingerprint density at radius 2 is 1.72 bits per heavy atom. The molecule has 4 unspecified atom stereocenters. The van der Waals surface area contributed by atoms with Crippen LogP contribution in [-0.4, -0.2) is 41.9 Å². The molecule has 4 bridgehead atoms. The topological polar surface area (TPSA) is 107 Å². The maximum atomic E-state index is 13.8. The van der Waals surface area contributed by atoms with E-state index in [0.29, 0.717) is 32.1 Å². The fraction of sp³-hybridized carbons (Fsp3) is 0.895. The van der Waals surface area contributed by atoms with Crippen LogP contribution in [0.3, 0.4) is 0 Å². The predicted molar refractivity (Wildman–Crippen MR) is 97.4 cm³/mol. The molecular weight excluding hydrogens is 410 g/mol. The minimum absolute atomic E-state index is 0.117. The molecule has 0 aromatic rings. The number of alkyl halides is 2. The zero-order chi connectivity index (χ0) is 21.8. The van der Waals surface area contributed by atoms with Crippen LogP contribution in [0.1, 0.15) is 65.7 Å². The fourth-order valence-corrected chi connectivity index (χ4v) is 6.05. The lowest BCUT2D eigenvalue weighted by atomic mass is 9.48. The molecule has 4 aliphatic carbocycles. The molecule has 0 saturated heterocycles. The van der Waals surface area contributed by atoms with E-state index in [-0.39, 0.29) is 30.1 Å². The van der Waals surface area contributed by atoms with Crippen molar-refractivity contribution >= 4 is 22.1 Å². The Morgan fingerprint density at radius 1 is 1.17 bits per heavy atom. The monoisotopic (exact) mass is 438 g/mol. The van der Waals surface area contributed by atoms with Crippen molar-refractivity contribution in [2.24, 2.45) is 23.2 Å². The Kier molecular flexibility index (Phi) is 5.52. The van der Waals surface area contributed by atoms with Gasteiger partial charge in [-0.1, -0.05) is 13.8 Å². The number of halogens is 2. The summed E-state index contributed by atoms with van der Waals surface area (Å²) in [7, 11) is -5.72. The van der Waals surface area contributed by atoms with Crippen LogP contribution in [0, 0.1) is 23.2 Å². The fourth-order valence-electron chi connectivity index (χ4n) is 5.58. The van der Waals surface area contributed by atoms with Crippen LogP contribution >= 0.6 is 0 Å². The van der Waals surface area contributed by atoms with Crippen molar-refractivity contribution in [2.75, 3.05) is 0 Å². The van der Waals surface area contributed by atoms with Crippen molar-refractivity contribution < 1.29 is 40.8 Å². The molecule has 10 heteroatoms. The first-order valence-corrected chi connectivity index (χ1v) is 11.5. The van der Waals surface area contributed by atoms with Gasteiger partial charge in [0.05, 0.1) is 11.3 Å². The second-order valence-electron chi connectivity index (χ2n) is 9.24. The van der Waals surface area contributed by atoms with Gasteiger partial charge in [0.2, 0.25) is 0 Å². The van der Waals surface area contributed by atoms with E-state index in [9.17, 15) is 26.8 Å². The van der Waals surface area contributed by atoms with Gasteiger partial charge in [-0.2, -0.15) is 17.2 Å². The molecule has 4 aliphatic rings. The van der Waals surface area contributed by atoms with E-state index in [4.69, 9.17) is 14.0 Å². The highest BCUT2D eigenvalue weighted by atomic mass is 32.2. The first-order chi connectivity index (χ1) is 13.2. The molecule has 4 atom stereocenters. The predicted octanol–water partition coefficient (Wildman–Crippen LogP) is 3.33. The summed E-state index contributed by atoms with van der Waals surface area (Å²) in [5.41, 5.74) is -1.89. The van der Waals surface area contributed by atoms with E-state index in [1.807, 2.05) is 6.92 Å². The SMILES string of the molecule is CCC(C)C(=O)OC12CC3CC(C1)CC(C(=O)OC(C)C(F)(F)S(=O)(=O)O)(C3)C2. The summed E-state index contributed by atoms with van der Waals surface area (Å²) in [4.78, 5) is 25.3. The van der Waals surface area contributed by atoms with E-state index in [1.54, 1.807) is 6.92 Å². The van der Waals surface area contributed by atoms with E-state index >= 15 is 0 Å². The minimum atomic E-state index is -5.72. The quantitative estimate of drug-likeness (QED) is 0.480. The third kappa shape index (κ3) is 3.89. The Hall–Kier alpha value is -1.29. The van der Waals surface area contributed by atoms with Crippen LogP contribution in [0.4, 0.5) is 8.78 Å². The minimum Gasteiger partial charge on any atom is -0.459 e. The number of carbonyl (C=O) groups excluding carboxylic acids is 2. The maximum absolute atomic E-state index is 13.8. The van der Waals surface area contributed by atoms with E-state index in [1.165, 1.54) is 0 Å². The summed E-state index contributed by atoms with van der Waals surface area (Å²) in [5.74, 6) is -1.29. The smallest absolute Gasteiger partial charge is 0.405 e. The van der Waals surface area contributed by atoms with Gasteiger partial charge in [-0.15, -0.1) is 0 Å². The second-order valence-corrected chi connectivity index (χ2v) is 10.7. The van der Waals surface area contributed by atoms with Gasteiger partial charge in [-0.05, 0) is 57.3 Å². The first-order valence-electron chi connectivity index (χ1n) is 10.0. The molecule has 4 saturated carbocycles. The lowest BCUT2D eigenvalue weighted by Gasteiger charge is -2.60. The number of hydrogen-bond donors (Lipinski definition) is 1. The molecule has 4 fully saturated rings. The first kappa shape index (κ1) is 22.4. The molecule has 166 valence electrons. The number of hydrogen-bond acceptors (Lipinski definition) is 6. The summed E-state index contributed by atoms with van der Waals surface area (Å²) in [6.45, 7) is 4.39. The van der Waals surface area contributed by atoms with Gasteiger partial charge >= 0.3 is 27.3 Å².